The fourth-order valence-corrected chi connectivity index (χ4v) is 1.79. The smallest absolute Gasteiger partial charge is 0.0431 e. The van der Waals surface area contributed by atoms with Gasteiger partial charge in [-0.1, -0.05) is 56.9 Å². The van der Waals surface area contributed by atoms with Gasteiger partial charge in [0.1, 0.15) is 0 Å². The van der Waals surface area contributed by atoms with Crippen molar-refractivity contribution >= 4 is 0 Å². The van der Waals surface area contributed by atoms with Crippen LogP contribution >= 0.6 is 0 Å². The third-order valence-corrected chi connectivity index (χ3v) is 2.85. The van der Waals surface area contributed by atoms with Crippen LogP contribution in [0.25, 0.3) is 0 Å². The summed E-state index contributed by atoms with van der Waals surface area (Å²) in [5.41, 5.74) is 0. The van der Waals surface area contributed by atoms with Gasteiger partial charge in [0.05, 0.1) is 0 Å². The van der Waals surface area contributed by atoms with Crippen LogP contribution in [0.3, 0.4) is 0 Å². The summed E-state index contributed by atoms with van der Waals surface area (Å²) in [7, 11) is 0. The van der Waals surface area contributed by atoms with E-state index in [0.717, 1.165) is 12.8 Å². The van der Waals surface area contributed by atoms with E-state index >= 15 is 0 Å². The van der Waals surface area contributed by atoms with Crippen molar-refractivity contribution in [1.29, 1.82) is 0 Å². The molecular formula is C16H30O. The standard InChI is InChI=1S/C16H30O/c1-2-3-4-5-6-7-8-9-10-11-12-13-14-15-16-17/h3-4,7-8,17H,2,5-6,9-16H2,1H3. The average Bonchev–Trinajstić information content (AvgIpc) is 2.35. The highest BCUT2D eigenvalue weighted by Gasteiger charge is 1.89. The quantitative estimate of drug-likeness (QED) is 0.374. The van der Waals surface area contributed by atoms with Crippen molar-refractivity contribution in [3.8, 4) is 0 Å². The molecule has 17 heavy (non-hydrogen) atoms. The molecule has 0 saturated heterocycles. The minimum absolute atomic E-state index is 0.356. The van der Waals surface area contributed by atoms with Crippen molar-refractivity contribution < 1.29 is 5.11 Å². The summed E-state index contributed by atoms with van der Waals surface area (Å²) in [6.07, 6.45) is 21.3. The van der Waals surface area contributed by atoms with Crippen molar-refractivity contribution in [1.82, 2.24) is 0 Å². The number of aliphatic hydroxyl groups excluding tert-OH is 1. The minimum atomic E-state index is 0.356. The normalized spacial score (nSPS) is 11.9. The molecule has 0 unspecified atom stereocenters. The average molecular weight is 238 g/mol. The fourth-order valence-electron chi connectivity index (χ4n) is 1.79. The van der Waals surface area contributed by atoms with E-state index in [4.69, 9.17) is 5.11 Å². The molecule has 1 heteroatoms. The van der Waals surface area contributed by atoms with Gasteiger partial charge in [-0.3, -0.25) is 0 Å². The summed E-state index contributed by atoms with van der Waals surface area (Å²) in [6.45, 7) is 2.53. The summed E-state index contributed by atoms with van der Waals surface area (Å²) < 4.78 is 0. The Morgan fingerprint density at radius 2 is 1.18 bits per heavy atom. The van der Waals surface area contributed by atoms with Gasteiger partial charge in [-0.05, 0) is 38.5 Å². The molecule has 1 nitrogen and oxygen atoms in total. The monoisotopic (exact) mass is 238 g/mol. The summed E-state index contributed by atoms with van der Waals surface area (Å²) in [5.74, 6) is 0. The second kappa shape index (κ2) is 15.4. The molecule has 0 radical (unpaired) electrons. The van der Waals surface area contributed by atoms with Crippen molar-refractivity contribution in [2.24, 2.45) is 0 Å². The summed E-state index contributed by atoms with van der Waals surface area (Å²) in [5, 5.41) is 8.63. The summed E-state index contributed by atoms with van der Waals surface area (Å²) in [4.78, 5) is 0. The lowest BCUT2D eigenvalue weighted by atomic mass is 10.1. The van der Waals surface area contributed by atoms with Gasteiger partial charge in [-0.15, -0.1) is 0 Å². The van der Waals surface area contributed by atoms with Gasteiger partial charge in [0.15, 0.2) is 0 Å². The first kappa shape index (κ1) is 16.4. The van der Waals surface area contributed by atoms with Crippen molar-refractivity contribution in [2.45, 2.75) is 71.1 Å². The predicted octanol–water partition coefficient (Wildman–Crippen LogP) is 5.01. The Kier molecular flexibility index (Phi) is 14.9. The first-order valence-electron chi connectivity index (χ1n) is 7.32. The highest BCUT2D eigenvalue weighted by atomic mass is 16.2. The number of aliphatic hydroxyl groups is 1. The molecule has 100 valence electrons. The van der Waals surface area contributed by atoms with Crippen LogP contribution in [-0.4, -0.2) is 11.7 Å². The molecule has 0 heterocycles. The number of allylic oxidation sites excluding steroid dienone is 4. The summed E-state index contributed by atoms with van der Waals surface area (Å²) in [6, 6.07) is 0. The molecule has 0 aromatic carbocycles. The van der Waals surface area contributed by atoms with Crippen LogP contribution in [0.1, 0.15) is 71.1 Å². The molecule has 0 aromatic heterocycles. The molecule has 0 spiro atoms. The van der Waals surface area contributed by atoms with Gasteiger partial charge in [0.2, 0.25) is 0 Å². The Bertz CT molecular complexity index is 182. The van der Waals surface area contributed by atoms with Crippen molar-refractivity contribution in [3.63, 3.8) is 0 Å². The number of unbranched alkanes of at least 4 members (excludes halogenated alkanes) is 7. The maximum atomic E-state index is 8.63. The Labute approximate surface area is 108 Å². The van der Waals surface area contributed by atoms with Gasteiger partial charge >= 0.3 is 0 Å². The second-order valence-electron chi connectivity index (χ2n) is 4.56. The van der Waals surface area contributed by atoms with Gasteiger partial charge in [-0.2, -0.15) is 0 Å². The van der Waals surface area contributed by atoms with Crippen LogP contribution in [0.15, 0.2) is 24.3 Å². The highest BCUT2D eigenvalue weighted by Crippen LogP contribution is 2.07. The maximum absolute atomic E-state index is 8.63. The maximum Gasteiger partial charge on any atom is 0.0431 e. The van der Waals surface area contributed by atoms with Crippen molar-refractivity contribution in [2.75, 3.05) is 6.61 Å². The minimum Gasteiger partial charge on any atom is -0.396 e. The van der Waals surface area contributed by atoms with Gasteiger partial charge in [-0.25, -0.2) is 0 Å². The highest BCUT2D eigenvalue weighted by molar-refractivity contribution is 4.87. The molecule has 0 rings (SSSR count). The van der Waals surface area contributed by atoms with E-state index in [9.17, 15) is 0 Å². The van der Waals surface area contributed by atoms with Crippen LogP contribution in [0.4, 0.5) is 0 Å². The van der Waals surface area contributed by atoms with Gasteiger partial charge in [0.25, 0.3) is 0 Å². The third kappa shape index (κ3) is 15.4. The Hall–Kier alpha value is -0.560. The van der Waals surface area contributed by atoms with E-state index in [1.165, 1.54) is 51.4 Å². The number of hydrogen-bond donors (Lipinski definition) is 1. The first-order chi connectivity index (χ1) is 8.41. The zero-order valence-electron chi connectivity index (χ0n) is 11.5. The van der Waals surface area contributed by atoms with E-state index < -0.39 is 0 Å². The molecule has 0 bridgehead atoms. The molecule has 0 saturated carbocycles. The molecule has 0 fully saturated rings. The summed E-state index contributed by atoms with van der Waals surface area (Å²) >= 11 is 0. The predicted molar refractivity (Wildman–Crippen MR) is 77.2 cm³/mol. The molecule has 0 atom stereocenters. The van der Waals surface area contributed by atoms with Gasteiger partial charge in [0, 0.05) is 6.61 Å². The van der Waals surface area contributed by atoms with Crippen LogP contribution in [0.5, 0.6) is 0 Å². The van der Waals surface area contributed by atoms with E-state index in [2.05, 4.69) is 31.2 Å². The fraction of sp³-hybridized carbons (Fsp3) is 0.750. The lowest BCUT2D eigenvalue weighted by molar-refractivity contribution is 0.282. The topological polar surface area (TPSA) is 20.2 Å². The largest absolute Gasteiger partial charge is 0.396 e. The molecule has 0 aliphatic carbocycles. The molecule has 0 aromatic rings. The number of hydrogen-bond acceptors (Lipinski definition) is 1. The van der Waals surface area contributed by atoms with E-state index in [0.29, 0.717) is 6.61 Å². The van der Waals surface area contributed by atoms with E-state index in [1.54, 1.807) is 0 Å². The van der Waals surface area contributed by atoms with Crippen LogP contribution in [0, 0.1) is 0 Å². The Morgan fingerprint density at radius 1 is 0.647 bits per heavy atom. The first-order valence-corrected chi connectivity index (χ1v) is 7.32. The molecular weight excluding hydrogens is 208 g/mol. The van der Waals surface area contributed by atoms with E-state index in [1.807, 2.05) is 0 Å². The molecule has 0 amide bonds. The third-order valence-electron chi connectivity index (χ3n) is 2.85. The van der Waals surface area contributed by atoms with Crippen molar-refractivity contribution in [3.05, 3.63) is 24.3 Å². The van der Waals surface area contributed by atoms with Gasteiger partial charge < -0.3 is 5.11 Å². The lowest BCUT2D eigenvalue weighted by Gasteiger charge is -1.98. The van der Waals surface area contributed by atoms with Crippen LogP contribution in [-0.2, 0) is 0 Å². The molecule has 0 aliphatic heterocycles. The lowest BCUT2D eigenvalue weighted by Crippen LogP contribution is -1.83. The SMILES string of the molecule is CCC=CCCC=CCCCCCCCCO. The second-order valence-corrected chi connectivity index (χ2v) is 4.56. The van der Waals surface area contributed by atoms with Crippen LogP contribution < -0.4 is 0 Å². The zero-order valence-corrected chi connectivity index (χ0v) is 11.5. The zero-order chi connectivity index (χ0) is 12.6. The molecule has 1 N–H and O–H groups in total. The Morgan fingerprint density at radius 3 is 1.82 bits per heavy atom. The number of rotatable bonds is 12. The van der Waals surface area contributed by atoms with E-state index in [-0.39, 0.29) is 0 Å². The molecule has 0 aliphatic rings. The Balaban J connectivity index is 3.06. The van der Waals surface area contributed by atoms with Crippen LogP contribution in [0.2, 0.25) is 0 Å².